The second-order valence-electron chi connectivity index (χ2n) is 12.3. The summed E-state index contributed by atoms with van der Waals surface area (Å²) in [7, 11) is -2.07. The number of aliphatic hydroxyl groups excluding tert-OH is 1. The van der Waals surface area contributed by atoms with Gasteiger partial charge in [0.05, 0.1) is 0 Å². The van der Waals surface area contributed by atoms with Gasteiger partial charge in [0.15, 0.2) is 0 Å². The van der Waals surface area contributed by atoms with Crippen molar-refractivity contribution >= 4 is 14.2 Å². The normalized spacial score (nSPS) is 14.8. The van der Waals surface area contributed by atoms with E-state index in [4.69, 9.17) is 4.74 Å². The first kappa shape index (κ1) is 32.3. The molecule has 2 N–H and O–H groups in total. The number of carbonyl (C=O) groups excluding carboxylic acids is 1. The lowest BCUT2D eigenvalue weighted by Crippen LogP contribution is -2.56. The quantitative estimate of drug-likeness (QED) is 0.169. The second-order valence-corrected chi connectivity index (χ2v) is 17.9. The van der Waals surface area contributed by atoms with E-state index in [1.54, 1.807) is 0 Å². The fraction of sp³-hybridized carbons (Fsp3) is 0.710. The van der Waals surface area contributed by atoms with Crippen molar-refractivity contribution in [3.63, 3.8) is 0 Å². The first-order chi connectivity index (χ1) is 16.7. The number of unbranched alkanes of at least 4 members (excludes halogenated alkanes) is 2. The lowest BCUT2D eigenvalue weighted by molar-refractivity contribution is 0.0412. The Bertz CT molecular complexity index is 826. The van der Waals surface area contributed by atoms with Gasteiger partial charge in [-0.2, -0.15) is 0 Å². The first-order valence-electron chi connectivity index (χ1n) is 13.9. The van der Waals surface area contributed by atoms with E-state index < -0.39 is 25.3 Å². The van der Waals surface area contributed by atoms with Crippen LogP contribution in [0.2, 0.25) is 16.6 Å². The third-order valence-electron chi connectivity index (χ3n) is 7.51. The Morgan fingerprint density at radius 3 is 2.00 bits per heavy atom. The van der Waals surface area contributed by atoms with Crippen LogP contribution in [0, 0.1) is 17.4 Å². The van der Waals surface area contributed by atoms with Gasteiger partial charge >= 0.3 is 6.09 Å². The Morgan fingerprint density at radius 1 is 1.00 bits per heavy atom. The molecule has 0 aliphatic carbocycles. The summed E-state index contributed by atoms with van der Waals surface area (Å²) >= 11 is 0. The number of benzene rings is 1. The summed E-state index contributed by atoms with van der Waals surface area (Å²) in [5.41, 5.74) is 4.93. The predicted octanol–water partition coefficient (Wildman–Crippen LogP) is 7.90. The minimum absolute atomic E-state index is 0.0644. The molecule has 36 heavy (non-hydrogen) atoms. The number of carbonyl (C=O) groups is 1. The first-order valence-corrected chi connectivity index (χ1v) is 16.2. The summed E-state index contributed by atoms with van der Waals surface area (Å²) in [6, 6.07) is 10.2. The molecule has 1 amide bonds. The topological polar surface area (TPSA) is 58.6 Å². The molecular weight excluding hydrogens is 462 g/mol. The molecule has 2 atom stereocenters. The molecule has 204 valence electrons. The minimum Gasteiger partial charge on any atom is -0.444 e. The Balaban J connectivity index is 3.76. The van der Waals surface area contributed by atoms with Crippen molar-refractivity contribution in [3.8, 4) is 11.5 Å². The molecule has 0 fully saturated rings. The maximum atomic E-state index is 13.2. The molecule has 0 aromatic heterocycles. The third kappa shape index (κ3) is 8.96. The van der Waals surface area contributed by atoms with Gasteiger partial charge in [-0.3, -0.25) is 0 Å². The molecule has 0 bridgehead atoms. The number of hydrogen-bond acceptors (Lipinski definition) is 3. The van der Waals surface area contributed by atoms with E-state index >= 15 is 0 Å². The van der Waals surface area contributed by atoms with Crippen molar-refractivity contribution in [2.24, 2.45) is 5.92 Å². The number of hydrogen-bond donors (Lipinski definition) is 2. The molecule has 4 nitrogen and oxygen atoms in total. The number of amides is 1. The number of nitrogens with one attached hydrogen (secondary N) is 1. The molecule has 0 saturated carbocycles. The van der Waals surface area contributed by atoms with E-state index in [1.165, 1.54) is 0 Å². The summed E-state index contributed by atoms with van der Waals surface area (Å²) in [5, 5.41) is 14.0. The van der Waals surface area contributed by atoms with Crippen LogP contribution in [0.1, 0.15) is 100 Å². The summed E-state index contributed by atoms with van der Waals surface area (Å²) < 4.78 is 5.73. The van der Waals surface area contributed by atoms with Gasteiger partial charge in [-0.15, -0.1) is 5.54 Å². The van der Waals surface area contributed by atoms with Crippen LogP contribution in [0.3, 0.4) is 0 Å². The van der Waals surface area contributed by atoms with Crippen LogP contribution >= 0.6 is 0 Å². The molecule has 0 radical (unpaired) electrons. The van der Waals surface area contributed by atoms with Crippen molar-refractivity contribution in [2.75, 3.05) is 6.61 Å². The number of ether oxygens (including phenoxy) is 1. The molecular formula is C31H53NO3Si. The van der Waals surface area contributed by atoms with Gasteiger partial charge in [-0.05, 0) is 55.8 Å². The Kier molecular flexibility index (Phi) is 12.8. The summed E-state index contributed by atoms with van der Waals surface area (Å²) in [6.45, 7) is 21.5. The monoisotopic (exact) mass is 515 g/mol. The minimum atomic E-state index is -2.07. The number of alkyl carbamates (subject to hydrolysis) is 1. The van der Waals surface area contributed by atoms with Crippen LogP contribution in [0.4, 0.5) is 4.79 Å². The summed E-state index contributed by atoms with van der Waals surface area (Å²) in [4.78, 5) is 13.2. The molecule has 0 heterocycles. The van der Waals surface area contributed by atoms with Gasteiger partial charge < -0.3 is 15.2 Å². The molecule has 5 heteroatoms. The van der Waals surface area contributed by atoms with Gasteiger partial charge in [0.2, 0.25) is 0 Å². The SMILES string of the molecule is CCCCC[C@@](C#C[Si](C(C)C)(C(C)C)C(C)C)(NC(=O)OC(C)(C)C)[C@H](CO)Cc1ccccc1. The molecule has 1 rings (SSSR count). The highest BCUT2D eigenvalue weighted by atomic mass is 28.3. The van der Waals surface area contributed by atoms with Gasteiger partial charge in [0.1, 0.15) is 19.2 Å². The van der Waals surface area contributed by atoms with Crippen molar-refractivity contribution < 1.29 is 14.6 Å². The van der Waals surface area contributed by atoms with Crippen LogP contribution < -0.4 is 5.32 Å². The van der Waals surface area contributed by atoms with Crippen LogP contribution in [0.5, 0.6) is 0 Å². The number of aliphatic hydroxyl groups is 1. The highest BCUT2D eigenvalue weighted by Gasteiger charge is 2.44. The van der Waals surface area contributed by atoms with Crippen LogP contribution in [-0.4, -0.2) is 37.0 Å². The number of rotatable bonds is 12. The average molecular weight is 516 g/mol. The highest BCUT2D eigenvalue weighted by Crippen LogP contribution is 2.41. The second kappa shape index (κ2) is 14.2. The van der Waals surface area contributed by atoms with Gasteiger partial charge in [0.25, 0.3) is 0 Å². The van der Waals surface area contributed by atoms with Gasteiger partial charge in [-0.1, -0.05) is 104 Å². The van der Waals surface area contributed by atoms with Crippen molar-refractivity contribution in [2.45, 2.75) is 129 Å². The van der Waals surface area contributed by atoms with Crippen LogP contribution in [0.25, 0.3) is 0 Å². The zero-order valence-electron chi connectivity index (χ0n) is 24.7. The van der Waals surface area contributed by atoms with Crippen LogP contribution in [-0.2, 0) is 11.2 Å². The highest BCUT2D eigenvalue weighted by molar-refractivity contribution is 6.90. The smallest absolute Gasteiger partial charge is 0.408 e. The lowest BCUT2D eigenvalue weighted by atomic mass is 9.77. The Labute approximate surface area is 223 Å². The molecule has 0 saturated heterocycles. The van der Waals surface area contributed by atoms with Crippen molar-refractivity contribution in [3.05, 3.63) is 35.9 Å². The van der Waals surface area contributed by atoms with E-state index in [1.807, 2.05) is 39.0 Å². The Morgan fingerprint density at radius 2 is 1.56 bits per heavy atom. The molecule has 0 aliphatic heterocycles. The molecule has 1 aromatic rings. The zero-order valence-corrected chi connectivity index (χ0v) is 25.7. The van der Waals surface area contributed by atoms with Crippen LogP contribution in [0.15, 0.2) is 30.3 Å². The maximum Gasteiger partial charge on any atom is 0.408 e. The molecule has 0 spiro atoms. The predicted molar refractivity (Wildman–Crippen MR) is 156 cm³/mol. The third-order valence-corrected chi connectivity index (χ3v) is 13.8. The van der Waals surface area contributed by atoms with Crippen molar-refractivity contribution in [1.29, 1.82) is 0 Å². The maximum absolute atomic E-state index is 13.2. The fourth-order valence-electron chi connectivity index (χ4n) is 5.65. The standard InChI is InChI=1S/C31H53NO3Si/c1-11-12-16-19-31(32-29(34)35-30(8,9)10,28(23-33)22-27-17-14-13-15-18-27)20-21-36(24(2)3,25(4)5)26(6)7/h13-15,17-18,24-26,28,33H,11-12,16,19,22-23H2,1-10H3,(H,32,34)/t28-,31-/m0/s1. The zero-order chi connectivity index (χ0) is 27.6. The van der Waals surface area contributed by atoms with E-state index in [9.17, 15) is 9.90 Å². The van der Waals surface area contributed by atoms with Gasteiger partial charge in [0, 0.05) is 12.5 Å². The summed E-state index contributed by atoms with van der Waals surface area (Å²) in [6.07, 6.45) is 3.89. The Hall–Kier alpha value is -1.77. The average Bonchev–Trinajstić information content (AvgIpc) is 2.76. The fourth-order valence-corrected chi connectivity index (χ4v) is 11.0. The van der Waals surface area contributed by atoms with E-state index in [0.29, 0.717) is 29.5 Å². The van der Waals surface area contributed by atoms with E-state index in [2.05, 4.69) is 77.4 Å². The molecule has 1 aromatic carbocycles. The largest absolute Gasteiger partial charge is 0.444 e. The van der Waals surface area contributed by atoms with E-state index in [0.717, 1.165) is 24.8 Å². The van der Waals surface area contributed by atoms with Crippen molar-refractivity contribution in [1.82, 2.24) is 5.32 Å². The molecule has 0 aliphatic rings. The molecule has 0 unspecified atom stereocenters. The van der Waals surface area contributed by atoms with E-state index in [-0.39, 0.29) is 12.5 Å². The summed E-state index contributed by atoms with van der Waals surface area (Å²) in [5.74, 6) is 3.45. The lowest BCUT2D eigenvalue weighted by Gasteiger charge is -2.41. The van der Waals surface area contributed by atoms with Gasteiger partial charge in [-0.25, -0.2) is 4.79 Å².